The molecule has 2 rings (SSSR count). The minimum absolute atomic E-state index is 0.0213. The molecule has 0 unspecified atom stereocenters. The standard InChI is InChI=1S/C11H14ClFN2O4S2/c12-9-5-7(14)6-10(11(9)13)21(18,19)15-8-1-3-20(16,17)4-2-8/h5-6,8,15H,1-4,14H2. The molecule has 1 fully saturated rings. The van der Waals surface area contributed by atoms with Gasteiger partial charge in [-0.3, -0.25) is 0 Å². The second-order valence-corrected chi connectivity index (χ2v) is 9.26. The van der Waals surface area contributed by atoms with Gasteiger partial charge >= 0.3 is 0 Å². The summed E-state index contributed by atoms with van der Waals surface area (Å²) in [7, 11) is -7.26. The number of nitrogens with two attached hydrogens (primary N) is 1. The Bertz CT molecular complexity index is 751. The molecule has 1 aromatic rings. The molecule has 0 aliphatic carbocycles. The number of sulfonamides is 1. The summed E-state index contributed by atoms with van der Waals surface area (Å²) in [5.74, 6) is -1.28. The predicted molar refractivity (Wildman–Crippen MR) is 77.8 cm³/mol. The molecule has 0 aromatic heterocycles. The quantitative estimate of drug-likeness (QED) is 0.783. The number of nitrogens with one attached hydrogen (secondary N) is 1. The number of hydrogen-bond acceptors (Lipinski definition) is 5. The Labute approximate surface area is 127 Å². The molecule has 6 nitrogen and oxygen atoms in total. The van der Waals surface area contributed by atoms with Crippen LogP contribution in [0, 0.1) is 5.82 Å². The van der Waals surface area contributed by atoms with Crippen LogP contribution < -0.4 is 10.5 Å². The molecule has 0 atom stereocenters. The Morgan fingerprint density at radius 1 is 1.29 bits per heavy atom. The average Bonchev–Trinajstić information content (AvgIpc) is 2.36. The zero-order valence-corrected chi connectivity index (χ0v) is 13.2. The third kappa shape index (κ3) is 3.85. The third-order valence-electron chi connectivity index (χ3n) is 3.18. The van der Waals surface area contributed by atoms with Gasteiger partial charge in [0, 0.05) is 11.7 Å². The van der Waals surface area contributed by atoms with Gasteiger partial charge in [-0.1, -0.05) is 11.6 Å². The summed E-state index contributed by atoms with van der Waals surface area (Å²) in [5.41, 5.74) is 5.49. The van der Waals surface area contributed by atoms with Crippen LogP contribution in [0.4, 0.5) is 10.1 Å². The largest absolute Gasteiger partial charge is 0.399 e. The van der Waals surface area contributed by atoms with Gasteiger partial charge in [-0.05, 0) is 25.0 Å². The van der Waals surface area contributed by atoms with E-state index in [2.05, 4.69) is 4.72 Å². The lowest BCUT2D eigenvalue weighted by Gasteiger charge is -2.23. The number of rotatable bonds is 3. The van der Waals surface area contributed by atoms with Crippen LogP contribution in [0.3, 0.4) is 0 Å². The first-order chi connectivity index (χ1) is 9.61. The van der Waals surface area contributed by atoms with Crippen molar-refractivity contribution < 1.29 is 21.2 Å². The van der Waals surface area contributed by atoms with Gasteiger partial charge in [0.2, 0.25) is 10.0 Å². The molecule has 3 N–H and O–H groups in total. The Morgan fingerprint density at radius 2 is 1.86 bits per heavy atom. The monoisotopic (exact) mass is 356 g/mol. The summed E-state index contributed by atoms with van der Waals surface area (Å²) in [5, 5.41) is -0.387. The molecule has 1 aromatic carbocycles. The van der Waals surface area contributed by atoms with Crippen molar-refractivity contribution in [1.29, 1.82) is 0 Å². The van der Waals surface area contributed by atoms with E-state index in [1.165, 1.54) is 0 Å². The van der Waals surface area contributed by atoms with Crippen LogP contribution in [0.2, 0.25) is 5.02 Å². The molecule has 0 radical (unpaired) electrons. The molecular formula is C11H14ClFN2O4S2. The summed E-state index contributed by atoms with van der Waals surface area (Å²) in [6, 6.07) is 1.53. The Hall–Kier alpha value is -0.900. The molecule has 1 heterocycles. The molecule has 1 saturated heterocycles. The van der Waals surface area contributed by atoms with Gasteiger partial charge < -0.3 is 5.73 Å². The lowest BCUT2D eigenvalue weighted by atomic mass is 10.2. The SMILES string of the molecule is Nc1cc(Cl)c(F)c(S(=O)(=O)NC2CCS(=O)(=O)CC2)c1. The number of hydrogen-bond donors (Lipinski definition) is 2. The highest BCUT2D eigenvalue weighted by Crippen LogP contribution is 2.26. The Kier molecular flexibility index (Phi) is 4.48. The van der Waals surface area contributed by atoms with Crippen molar-refractivity contribution in [3.8, 4) is 0 Å². The topological polar surface area (TPSA) is 106 Å². The number of nitrogen functional groups attached to an aromatic ring is 1. The van der Waals surface area contributed by atoms with Gasteiger partial charge in [-0.15, -0.1) is 0 Å². The van der Waals surface area contributed by atoms with E-state index < -0.39 is 36.6 Å². The van der Waals surface area contributed by atoms with Crippen LogP contribution in [0.15, 0.2) is 17.0 Å². The molecule has 1 aliphatic heterocycles. The lowest BCUT2D eigenvalue weighted by Crippen LogP contribution is -2.41. The molecule has 0 amide bonds. The highest BCUT2D eigenvalue weighted by Gasteiger charge is 2.29. The molecule has 21 heavy (non-hydrogen) atoms. The summed E-state index contributed by atoms with van der Waals surface area (Å²) in [4.78, 5) is -0.638. The summed E-state index contributed by atoms with van der Waals surface area (Å²) in [6.45, 7) is 0. The van der Waals surface area contributed by atoms with E-state index in [-0.39, 0.29) is 35.1 Å². The van der Waals surface area contributed by atoms with Crippen LogP contribution in [0.5, 0.6) is 0 Å². The molecule has 118 valence electrons. The predicted octanol–water partition coefficient (Wildman–Crippen LogP) is 0.917. The zero-order valence-electron chi connectivity index (χ0n) is 10.8. The fourth-order valence-electron chi connectivity index (χ4n) is 2.07. The normalized spacial score (nSPS) is 19.5. The van der Waals surface area contributed by atoms with Crippen molar-refractivity contribution in [3.05, 3.63) is 23.0 Å². The fraction of sp³-hybridized carbons (Fsp3) is 0.455. The number of anilines is 1. The summed E-state index contributed by atoms with van der Waals surface area (Å²) < 4.78 is 63.1. The van der Waals surface area contributed by atoms with Crippen molar-refractivity contribution in [2.75, 3.05) is 17.2 Å². The Morgan fingerprint density at radius 3 is 2.43 bits per heavy atom. The first-order valence-electron chi connectivity index (χ1n) is 6.08. The van der Waals surface area contributed by atoms with Crippen molar-refractivity contribution in [2.24, 2.45) is 0 Å². The molecule has 0 spiro atoms. The maximum atomic E-state index is 13.9. The molecule has 10 heteroatoms. The van der Waals surface area contributed by atoms with E-state index in [4.69, 9.17) is 17.3 Å². The van der Waals surface area contributed by atoms with Crippen molar-refractivity contribution in [1.82, 2.24) is 4.72 Å². The van der Waals surface area contributed by atoms with Crippen LogP contribution in [-0.2, 0) is 19.9 Å². The molecule has 0 saturated carbocycles. The minimum Gasteiger partial charge on any atom is -0.399 e. The van der Waals surface area contributed by atoms with Crippen molar-refractivity contribution >= 4 is 37.1 Å². The fourth-order valence-corrected chi connectivity index (χ4v) is 5.28. The van der Waals surface area contributed by atoms with Gasteiger partial charge in [0.15, 0.2) is 5.82 Å². The number of benzene rings is 1. The van der Waals surface area contributed by atoms with Gasteiger partial charge in [0.1, 0.15) is 14.7 Å². The second-order valence-electron chi connectivity index (χ2n) is 4.86. The van der Waals surface area contributed by atoms with E-state index in [0.29, 0.717) is 0 Å². The number of sulfone groups is 1. The van der Waals surface area contributed by atoms with Gasteiger partial charge in [-0.25, -0.2) is 25.9 Å². The highest BCUT2D eigenvalue weighted by atomic mass is 35.5. The van der Waals surface area contributed by atoms with Crippen LogP contribution in [0.25, 0.3) is 0 Å². The minimum atomic E-state index is -4.16. The first kappa shape index (κ1) is 16.5. The van der Waals surface area contributed by atoms with Crippen LogP contribution in [-0.4, -0.2) is 34.4 Å². The van der Waals surface area contributed by atoms with E-state index in [9.17, 15) is 21.2 Å². The van der Waals surface area contributed by atoms with Gasteiger partial charge in [-0.2, -0.15) is 0 Å². The Balaban J connectivity index is 2.24. The maximum Gasteiger partial charge on any atom is 0.243 e. The average molecular weight is 357 g/mol. The van der Waals surface area contributed by atoms with Crippen molar-refractivity contribution in [2.45, 2.75) is 23.8 Å². The van der Waals surface area contributed by atoms with Gasteiger partial charge in [0.05, 0.1) is 16.5 Å². The highest BCUT2D eigenvalue weighted by molar-refractivity contribution is 7.91. The maximum absolute atomic E-state index is 13.9. The number of halogens is 2. The molecular weight excluding hydrogens is 343 g/mol. The third-order valence-corrected chi connectivity index (χ3v) is 6.69. The van der Waals surface area contributed by atoms with Gasteiger partial charge in [0.25, 0.3) is 0 Å². The molecule has 1 aliphatic rings. The van der Waals surface area contributed by atoms with E-state index in [0.717, 1.165) is 12.1 Å². The molecule has 0 bridgehead atoms. The first-order valence-corrected chi connectivity index (χ1v) is 9.76. The summed E-state index contributed by atoms with van der Waals surface area (Å²) >= 11 is 5.58. The summed E-state index contributed by atoms with van der Waals surface area (Å²) in [6.07, 6.45) is 0.304. The van der Waals surface area contributed by atoms with Crippen LogP contribution >= 0.6 is 11.6 Å². The smallest absolute Gasteiger partial charge is 0.243 e. The second kappa shape index (κ2) is 5.71. The van der Waals surface area contributed by atoms with E-state index in [1.54, 1.807) is 0 Å². The van der Waals surface area contributed by atoms with Crippen LogP contribution in [0.1, 0.15) is 12.8 Å². The zero-order chi connectivity index (χ0) is 15.8. The van der Waals surface area contributed by atoms with Crippen molar-refractivity contribution in [3.63, 3.8) is 0 Å². The van der Waals surface area contributed by atoms with E-state index >= 15 is 0 Å². The van der Waals surface area contributed by atoms with E-state index in [1.807, 2.05) is 0 Å². The lowest BCUT2D eigenvalue weighted by molar-refractivity contribution is 0.500.